The first kappa shape index (κ1) is 12.9. The first-order valence-electron chi connectivity index (χ1n) is 5.72. The van der Waals surface area contributed by atoms with Crippen molar-refractivity contribution in [2.45, 2.75) is 6.42 Å². The zero-order valence-electron chi connectivity index (χ0n) is 10.5. The molecule has 2 N–H and O–H groups in total. The molecule has 2 rings (SSSR count). The van der Waals surface area contributed by atoms with Gasteiger partial charge < -0.3 is 15.2 Å². The van der Waals surface area contributed by atoms with E-state index in [9.17, 15) is 4.79 Å². The number of ether oxygens (including phenoxy) is 2. The van der Waals surface area contributed by atoms with Crippen molar-refractivity contribution < 1.29 is 14.3 Å². The van der Waals surface area contributed by atoms with E-state index in [2.05, 4.69) is 9.72 Å². The Balaban J connectivity index is 2.02. The number of rotatable bonds is 4. The maximum atomic E-state index is 11.1. The van der Waals surface area contributed by atoms with E-state index in [1.807, 2.05) is 12.1 Å². The molecule has 1 aromatic carbocycles. The van der Waals surface area contributed by atoms with Crippen LogP contribution < -0.4 is 10.5 Å². The summed E-state index contributed by atoms with van der Waals surface area (Å²) >= 11 is 0. The summed E-state index contributed by atoms with van der Waals surface area (Å²) < 4.78 is 10.1. The van der Waals surface area contributed by atoms with Crippen LogP contribution in [0.2, 0.25) is 0 Å². The Hall–Kier alpha value is -2.56. The van der Waals surface area contributed by atoms with E-state index in [4.69, 9.17) is 10.5 Å². The molecule has 0 atom stereocenters. The monoisotopic (exact) mass is 258 g/mol. The number of methoxy groups -OCH3 is 1. The molecule has 0 aliphatic carbocycles. The Kier molecular flexibility index (Phi) is 3.97. The molecular weight excluding hydrogens is 244 g/mol. The molecular formula is C14H14N2O3. The summed E-state index contributed by atoms with van der Waals surface area (Å²) in [5.74, 6) is 0.842. The molecule has 0 bridgehead atoms. The van der Waals surface area contributed by atoms with Crippen LogP contribution in [0.15, 0.2) is 42.6 Å². The predicted molar refractivity (Wildman–Crippen MR) is 70.9 cm³/mol. The van der Waals surface area contributed by atoms with Crippen molar-refractivity contribution in [3.05, 3.63) is 48.2 Å². The van der Waals surface area contributed by atoms with Crippen LogP contribution in [0.25, 0.3) is 0 Å². The average Bonchev–Trinajstić information content (AvgIpc) is 2.43. The molecule has 0 saturated heterocycles. The van der Waals surface area contributed by atoms with Gasteiger partial charge in [-0.2, -0.15) is 0 Å². The first-order chi connectivity index (χ1) is 9.17. The molecule has 0 unspecified atom stereocenters. The van der Waals surface area contributed by atoms with Gasteiger partial charge in [-0.15, -0.1) is 0 Å². The van der Waals surface area contributed by atoms with E-state index in [1.165, 1.54) is 13.3 Å². The van der Waals surface area contributed by atoms with Crippen LogP contribution in [0.4, 0.5) is 5.69 Å². The van der Waals surface area contributed by atoms with Crippen LogP contribution in [0.5, 0.6) is 11.6 Å². The Morgan fingerprint density at radius 1 is 1.21 bits per heavy atom. The summed E-state index contributed by atoms with van der Waals surface area (Å²) in [7, 11) is 1.37. The van der Waals surface area contributed by atoms with Crippen molar-refractivity contribution in [1.82, 2.24) is 4.98 Å². The highest BCUT2D eigenvalue weighted by atomic mass is 16.5. The standard InChI is InChI=1S/C14H14N2O3/c1-18-14(17)8-10-2-5-12(6-3-10)19-13-7-4-11(15)9-16-13/h2-7,9H,8,15H2,1H3. The Bertz CT molecular complexity index is 550. The maximum absolute atomic E-state index is 11.1. The van der Waals surface area contributed by atoms with Gasteiger partial charge in [0.15, 0.2) is 0 Å². The van der Waals surface area contributed by atoms with E-state index in [0.717, 1.165) is 5.56 Å². The summed E-state index contributed by atoms with van der Waals surface area (Å²) in [5.41, 5.74) is 6.99. The molecule has 2 aromatic rings. The summed E-state index contributed by atoms with van der Waals surface area (Å²) in [6.07, 6.45) is 1.78. The summed E-state index contributed by atoms with van der Waals surface area (Å²) in [6.45, 7) is 0. The van der Waals surface area contributed by atoms with E-state index in [0.29, 0.717) is 17.3 Å². The molecule has 1 heterocycles. The quantitative estimate of drug-likeness (QED) is 0.851. The van der Waals surface area contributed by atoms with Gasteiger partial charge in [0.05, 0.1) is 25.4 Å². The van der Waals surface area contributed by atoms with Gasteiger partial charge in [0.25, 0.3) is 0 Å². The number of esters is 1. The molecule has 0 aliphatic rings. The number of aromatic nitrogens is 1. The third-order valence-corrected chi connectivity index (χ3v) is 2.48. The lowest BCUT2D eigenvalue weighted by Gasteiger charge is -2.05. The molecule has 0 spiro atoms. The second-order valence-electron chi connectivity index (χ2n) is 3.93. The second-order valence-corrected chi connectivity index (χ2v) is 3.93. The smallest absolute Gasteiger partial charge is 0.309 e. The van der Waals surface area contributed by atoms with Crippen LogP contribution in [-0.2, 0) is 16.0 Å². The zero-order valence-corrected chi connectivity index (χ0v) is 10.5. The fourth-order valence-electron chi connectivity index (χ4n) is 1.49. The van der Waals surface area contributed by atoms with Gasteiger partial charge in [0.1, 0.15) is 5.75 Å². The number of anilines is 1. The lowest BCUT2D eigenvalue weighted by Crippen LogP contribution is -2.04. The lowest BCUT2D eigenvalue weighted by molar-refractivity contribution is -0.139. The molecule has 5 nitrogen and oxygen atoms in total. The number of pyridine rings is 1. The van der Waals surface area contributed by atoms with Crippen molar-refractivity contribution >= 4 is 11.7 Å². The minimum Gasteiger partial charge on any atom is -0.469 e. The van der Waals surface area contributed by atoms with E-state index < -0.39 is 0 Å². The fraction of sp³-hybridized carbons (Fsp3) is 0.143. The molecule has 5 heteroatoms. The molecule has 0 saturated carbocycles. The van der Waals surface area contributed by atoms with Crippen LogP contribution in [0, 0.1) is 0 Å². The number of carbonyl (C=O) groups excluding carboxylic acids is 1. The molecule has 19 heavy (non-hydrogen) atoms. The largest absolute Gasteiger partial charge is 0.469 e. The van der Waals surface area contributed by atoms with Gasteiger partial charge in [0.2, 0.25) is 5.88 Å². The summed E-state index contributed by atoms with van der Waals surface area (Å²) in [6, 6.07) is 10.6. The maximum Gasteiger partial charge on any atom is 0.309 e. The number of nitrogens with two attached hydrogens (primary N) is 1. The highest BCUT2D eigenvalue weighted by Crippen LogP contribution is 2.20. The highest BCUT2D eigenvalue weighted by molar-refractivity contribution is 5.72. The Labute approximate surface area is 111 Å². The van der Waals surface area contributed by atoms with Crippen LogP contribution in [-0.4, -0.2) is 18.1 Å². The van der Waals surface area contributed by atoms with Crippen molar-refractivity contribution in [1.29, 1.82) is 0 Å². The predicted octanol–water partition coefficient (Wildman–Crippen LogP) is 2.17. The Morgan fingerprint density at radius 3 is 2.53 bits per heavy atom. The minimum absolute atomic E-state index is 0.247. The van der Waals surface area contributed by atoms with Crippen LogP contribution in [0.1, 0.15) is 5.56 Å². The van der Waals surface area contributed by atoms with E-state index in [1.54, 1.807) is 24.3 Å². The van der Waals surface area contributed by atoms with Crippen molar-refractivity contribution in [3.63, 3.8) is 0 Å². The number of hydrogen-bond acceptors (Lipinski definition) is 5. The summed E-state index contributed by atoms with van der Waals surface area (Å²) in [4.78, 5) is 15.2. The zero-order chi connectivity index (χ0) is 13.7. The summed E-state index contributed by atoms with van der Waals surface area (Å²) in [5, 5.41) is 0. The van der Waals surface area contributed by atoms with Crippen LogP contribution >= 0.6 is 0 Å². The molecule has 98 valence electrons. The van der Waals surface area contributed by atoms with Gasteiger partial charge in [-0.25, -0.2) is 4.98 Å². The van der Waals surface area contributed by atoms with Gasteiger partial charge in [0, 0.05) is 6.07 Å². The molecule has 0 fully saturated rings. The first-order valence-corrected chi connectivity index (χ1v) is 5.72. The third kappa shape index (κ3) is 3.70. The lowest BCUT2D eigenvalue weighted by atomic mass is 10.1. The molecule has 0 radical (unpaired) electrons. The van der Waals surface area contributed by atoms with Crippen LogP contribution in [0.3, 0.4) is 0 Å². The van der Waals surface area contributed by atoms with Gasteiger partial charge in [-0.3, -0.25) is 4.79 Å². The normalized spacial score (nSPS) is 9.95. The van der Waals surface area contributed by atoms with E-state index in [-0.39, 0.29) is 12.4 Å². The van der Waals surface area contributed by atoms with Gasteiger partial charge in [-0.1, -0.05) is 12.1 Å². The molecule has 1 aromatic heterocycles. The fourth-order valence-corrected chi connectivity index (χ4v) is 1.49. The van der Waals surface area contributed by atoms with Gasteiger partial charge in [-0.05, 0) is 23.8 Å². The topological polar surface area (TPSA) is 74.4 Å². The highest BCUT2D eigenvalue weighted by Gasteiger charge is 2.03. The molecule has 0 aliphatic heterocycles. The number of benzene rings is 1. The third-order valence-electron chi connectivity index (χ3n) is 2.48. The number of nitrogens with zero attached hydrogens (tertiary/aromatic N) is 1. The minimum atomic E-state index is -0.270. The van der Waals surface area contributed by atoms with Crippen molar-refractivity contribution in [2.24, 2.45) is 0 Å². The second kappa shape index (κ2) is 5.86. The SMILES string of the molecule is COC(=O)Cc1ccc(Oc2ccc(N)cn2)cc1. The van der Waals surface area contributed by atoms with Crippen molar-refractivity contribution in [2.75, 3.05) is 12.8 Å². The molecule has 0 amide bonds. The average molecular weight is 258 g/mol. The van der Waals surface area contributed by atoms with Crippen molar-refractivity contribution in [3.8, 4) is 11.6 Å². The number of nitrogen functional groups attached to an aromatic ring is 1. The van der Waals surface area contributed by atoms with E-state index >= 15 is 0 Å². The Morgan fingerprint density at radius 2 is 1.95 bits per heavy atom. The van der Waals surface area contributed by atoms with Gasteiger partial charge >= 0.3 is 5.97 Å². The number of carbonyl (C=O) groups is 1. The number of hydrogen-bond donors (Lipinski definition) is 1.